The Bertz CT molecular complexity index is 1490. The minimum Gasteiger partial charge on any atom is -0.493 e. The average molecular weight is 634 g/mol. The fourth-order valence-corrected chi connectivity index (χ4v) is 4.78. The van der Waals surface area contributed by atoms with Crippen molar-refractivity contribution in [3.8, 4) is 11.5 Å². The van der Waals surface area contributed by atoms with Crippen molar-refractivity contribution in [2.24, 2.45) is 5.10 Å². The van der Waals surface area contributed by atoms with E-state index in [4.69, 9.17) is 26.1 Å². The van der Waals surface area contributed by atoms with E-state index in [2.05, 4.69) is 43.9 Å². The predicted molar refractivity (Wildman–Crippen MR) is 152 cm³/mol. The number of benzene rings is 3. The maximum Gasteiger partial charge on any atom is 0.282 e. The molecule has 0 radical (unpaired) electrons. The van der Waals surface area contributed by atoms with Crippen LogP contribution in [0.2, 0.25) is 5.02 Å². The van der Waals surface area contributed by atoms with Crippen LogP contribution >= 0.6 is 43.5 Å². The van der Waals surface area contributed by atoms with Gasteiger partial charge in [0.05, 0.1) is 28.7 Å². The van der Waals surface area contributed by atoms with Crippen molar-refractivity contribution in [3.05, 3.63) is 95.9 Å². The number of methoxy groups -OCH3 is 1. The van der Waals surface area contributed by atoms with Gasteiger partial charge in [0.2, 0.25) is 0 Å². The van der Waals surface area contributed by atoms with E-state index in [-0.39, 0.29) is 12.2 Å². The first-order chi connectivity index (χ1) is 17.4. The molecule has 1 aromatic heterocycles. The predicted octanol–water partition coefficient (Wildman–Crippen LogP) is 7.39. The van der Waals surface area contributed by atoms with E-state index in [1.165, 1.54) is 4.68 Å². The number of unbranched alkanes of at least 4 members (excludes halogenated alkanes) is 1. The number of fused-ring (bicyclic) bond motifs is 1. The van der Waals surface area contributed by atoms with Crippen LogP contribution in [0, 0.1) is 0 Å². The molecule has 36 heavy (non-hydrogen) atoms. The van der Waals surface area contributed by atoms with Crippen LogP contribution in [0.5, 0.6) is 11.5 Å². The Morgan fingerprint density at radius 2 is 1.94 bits per heavy atom. The summed E-state index contributed by atoms with van der Waals surface area (Å²) in [6, 6.07) is 16.7. The molecule has 0 aliphatic rings. The number of aromatic nitrogens is 2. The van der Waals surface area contributed by atoms with E-state index < -0.39 is 0 Å². The largest absolute Gasteiger partial charge is 0.493 e. The van der Waals surface area contributed by atoms with Crippen molar-refractivity contribution in [3.63, 3.8) is 0 Å². The van der Waals surface area contributed by atoms with Gasteiger partial charge in [-0.2, -0.15) is 9.78 Å². The highest BCUT2D eigenvalue weighted by molar-refractivity contribution is 9.10. The molecule has 0 atom stereocenters. The molecule has 0 saturated carbocycles. The second-order valence-electron chi connectivity index (χ2n) is 8.07. The number of rotatable bonds is 9. The minimum atomic E-state index is -0.214. The molecule has 3 aromatic carbocycles. The summed E-state index contributed by atoms with van der Waals surface area (Å²) in [6.45, 7) is 2.39. The van der Waals surface area contributed by atoms with Crippen molar-refractivity contribution in [1.82, 2.24) is 9.66 Å². The van der Waals surface area contributed by atoms with Crippen LogP contribution < -0.4 is 15.0 Å². The molecular weight excluding hydrogens is 610 g/mol. The molecule has 0 aliphatic heterocycles. The topological polar surface area (TPSA) is 65.7 Å². The zero-order valence-electron chi connectivity index (χ0n) is 19.8. The van der Waals surface area contributed by atoms with E-state index >= 15 is 0 Å². The number of hydrogen-bond acceptors (Lipinski definition) is 5. The molecule has 0 saturated heterocycles. The van der Waals surface area contributed by atoms with Gasteiger partial charge >= 0.3 is 0 Å². The van der Waals surface area contributed by atoms with E-state index in [0.717, 1.165) is 28.4 Å². The highest BCUT2D eigenvalue weighted by Crippen LogP contribution is 2.37. The monoisotopic (exact) mass is 631 g/mol. The second-order valence-corrected chi connectivity index (χ2v) is 10.2. The molecule has 4 aromatic rings. The molecule has 4 rings (SSSR count). The summed E-state index contributed by atoms with van der Waals surface area (Å²) >= 11 is 13.3. The molecule has 0 aliphatic carbocycles. The van der Waals surface area contributed by atoms with Gasteiger partial charge in [0, 0.05) is 21.5 Å². The van der Waals surface area contributed by atoms with E-state index in [9.17, 15) is 4.79 Å². The van der Waals surface area contributed by atoms with Crippen LogP contribution in [-0.2, 0) is 13.0 Å². The lowest BCUT2D eigenvalue weighted by atomic mass is 10.2. The first-order valence-electron chi connectivity index (χ1n) is 11.4. The van der Waals surface area contributed by atoms with Crippen LogP contribution in [0.25, 0.3) is 10.9 Å². The molecule has 0 spiro atoms. The zero-order chi connectivity index (χ0) is 25.7. The Hall–Kier alpha value is -2.68. The average Bonchev–Trinajstić information content (AvgIpc) is 2.87. The lowest BCUT2D eigenvalue weighted by Gasteiger charge is -2.14. The quantitative estimate of drug-likeness (QED) is 0.180. The number of halogens is 3. The van der Waals surface area contributed by atoms with Crippen molar-refractivity contribution in [2.45, 2.75) is 32.8 Å². The first-order valence-corrected chi connectivity index (χ1v) is 13.4. The Labute approximate surface area is 231 Å². The lowest BCUT2D eigenvalue weighted by molar-refractivity contribution is 0.282. The van der Waals surface area contributed by atoms with Crippen LogP contribution in [0.1, 0.15) is 36.7 Å². The van der Waals surface area contributed by atoms with Gasteiger partial charge in [0.1, 0.15) is 12.4 Å². The van der Waals surface area contributed by atoms with Crippen LogP contribution in [0.4, 0.5) is 0 Å². The molecule has 0 bridgehead atoms. The van der Waals surface area contributed by atoms with Gasteiger partial charge in [-0.05, 0) is 64.3 Å². The van der Waals surface area contributed by atoms with Crippen molar-refractivity contribution in [1.29, 1.82) is 0 Å². The van der Waals surface area contributed by atoms with Crippen LogP contribution in [-0.4, -0.2) is 23.0 Å². The Morgan fingerprint density at radius 1 is 1.14 bits per heavy atom. The summed E-state index contributed by atoms with van der Waals surface area (Å²) in [5.41, 5.74) is 2.04. The third kappa shape index (κ3) is 5.99. The fraction of sp³-hybridized carbons (Fsp3) is 0.222. The van der Waals surface area contributed by atoms with Gasteiger partial charge in [-0.3, -0.25) is 4.79 Å². The SMILES string of the molecule is CCCCc1nc2ccc(Br)cc2c(=O)n1N=Cc1cc(Br)c(OCc2ccccc2Cl)c(OC)c1. The summed E-state index contributed by atoms with van der Waals surface area (Å²) in [4.78, 5) is 18.0. The maximum atomic E-state index is 13.3. The van der Waals surface area contributed by atoms with Gasteiger partial charge < -0.3 is 9.47 Å². The summed E-state index contributed by atoms with van der Waals surface area (Å²) in [5, 5.41) is 5.67. The zero-order valence-corrected chi connectivity index (χ0v) is 23.7. The number of ether oxygens (including phenoxy) is 2. The van der Waals surface area contributed by atoms with Gasteiger partial charge in [0.25, 0.3) is 5.56 Å². The Kier molecular flexibility index (Phi) is 8.82. The molecule has 186 valence electrons. The van der Waals surface area contributed by atoms with Crippen LogP contribution in [0.3, 0.4) is 0 Å². The first kappa shape index (κ1) is 26.4. The Balaban J connectivity index is 1.68. The van der Waals surface area contributed by atoms with Gasteiger partial charge in [-0.1, -0.05) is 59.1 Å². The normalized spacial score (nSPS) is 11.4. The van der Waals surface area contributed by atoms with Gasteiger partial charge in [-0.15, -0.1) is 0 Å². The van der Waals surface area contributed by atoms with Crippen molar-refractivity contribution >= 4 is 60.6 Å². The molecule has 0 N–H and O–H groups in total. The summed E-state index contributed by atoms with van der Waals surface area (Å²) in [6.07, 6.45) is 4.16. The van der Waals surface area contributed by atoms with Gasteiger partial charge in [0.15, 0.2) is 11.5 Å². The number of nitrogens with zero attached hydrogens (tertiary/aromatic N) is 3. The van der Waals surface area contributed by atoms with Gasteiger partial charge in [-0.25, -0.2) is 4.98 Å². The standard InChI is InChI=1S/C27H24Br2ClN3O3/c1-3-4-9-25-32-23-11-10-19(28)14-20(23)27(34)33(25)31-15-17-12-21(29)26(24(13-17)35-2)36-16-18-7-5-6-8-22(18)30/h5-8,10-15H,3-4,9,16H2,1-2H3. The molecule has 0 fully saturated rings. The van der Waals surface area contributed by atoms with Crippen molar-refractivity contribution in [2.75, 3.05) is 7.11 Å². The Morgan fingerprint density at radius 3 is 2.69 bits per heavy atom. The van der Waals surface area contributed by atoms with Crippen molar-refractivity contribution < 1.29 is 9.47 Å². The van der Waals surface area contributed by atoms with E-state index in [0.29, 0.717) is 44.1 Å². The molecular formula is C27H24Br2ClN3O3. The molecule has 0 unspecified atom stereocenters. The van der Waals surface area contributed by atoms with E-state index in [1.54, 1.807) is 25.5 Å². The molecule has 1 heterocycles. The maximum absolute atomic E-state index is 13.3. The third-order valence-corrected chi connectivity index (χ3v) is 6.98. The molecule has 6 nitrogen and oxygen atoms in total. The third-order valence-electron chi connectivity index (χ3n) is 5.53. The van der Waals surface area contributed by atoms with Crippen LogP contribution in [0.15, 0.2) is 73.4 Å². The van der Waals surface area contributed by atoms with E-state index in [1.807, 2.05) is 42.5 Å². The highest BCUT2D eigenvalue weighted by Gasteiger charge is 2.14. The minimum absolute atomic E-state index is 0.214. The fourth-order valence-electron chi connectivity index (χ4n) is 3.65. The summed E-state index contributed by atoms with van der Waals surface area (Å²) in [7, 11) is 1.57. The smallest absolute Gasteiger partial charge is 0.282 e. The summed E-state index contributed by atoms with van der Waals surface area (Å²) in [5.74, 6) is 1.70. The highest BCUT2D eigenvalue weighted by atomic mass is 79.9. The summed E-state index contributed by atoms with van der Waals surface area (Å²) < 4.78 is 14.5. The number of aryl methyl sites for hydroxylation is 1. The number of hydrogen-bond donors (Lipinski definition) is 0. The second kappa shape index (κ2) is 12.0. The molecule has 0 amide bonds. The lowest BCUT2D eigenvalue weighted by Crippen LogP contribution is -2.22. The molecule has 9 heteroatoms.